The lowest BCUT2D eigenvalue weighted by Gasteiger charge is -2.10. The van der Waals surface area contributed by atoms with Gasteiger partial charge in [0.05, 0.1) is 18.2 Å². The third kappa shape index (κ3) is 4.80. The van der Waals surface area contributed by atoms with Gasteiger partial charge in [0.1, 0.15) is 5.01 Å². The van der Waals surface area contributed by atoms with Gasteiger partial charge >= 0.3 is 5.97 Å². The molecule has 96 valence electrons. The van der Waals surface area contributed by atoms with Crippen molar-refractivity contribution in [1.29, 1.82) is 0 Å². The monoisotopic (exact) mass is 278 g/mol. The number of carboxylic acids is 1. The molecular weight excluding hydrogens is 264 g/mol. The maximum absolute atomic E-state index is 11.5. The first kappa shape index (κ1) is 14.1. The quantitative estimate of drug-likeness (QED) is 0.806. The number of rotatable bonds is 6. The van der Waals surface area contributed by atoms with Crippen LogP contribution in [0.25, 0.3) is 0 Å². The van der Waals surface area contributed by atoms with E-state index in [1.807, 2.05) is 12.3 Å². The maximum Gasteiger partial charge on any atom is 0.304 e. The van der Waals surface area contributed by atoms with E-state index in [1.54, 1.807) is 6.92 Å². The van der Waals surface area contributed by atoms with Crippen LogP contribution in [-0.4, -0.2) is 30.2 Å². The smallest absolute Gasteiger partial charge is 0.304 e. The molecule has 0 bridgehead atoms. The van der Waals surface area contributed by atoms with Crippen molar-refractivity contribution in [3.63, 3.8) is 0 Å². The van der Waals surface area contributed by atoms with Gasteiger partial charge in [0, 0.05) is 11.1 Å². The molecule has 1 aromatic rings. The first-order chi connectivity index (χ1) is 7.80. The molecule has 0 amide bonds. The second kappa shape index (κ2) is 5.56. The minimum Gasteiger partial charge on any atom is -0.481 e. The molecule has 0 saturated heterocycles. The lowest BCUT2D eigenvalue weighted by molar-refractivity contribution is -0.136. The van der Waals surface area contributed by atoms with Gasteiger partial charge in [0.2, 0.25) is 10.0 Å². The van der Waals surface area contributed by atoms with E-state index in [0.717, 1.165) is 5.69 Å². The zero-order chi connectivity index (χ0) is 13.1. The second-order valence-electron chi connectivity index (χ2n) is 3.63. The SMILES string of the molecule is Cc1csc(C(C)NS(=O)(=O)CCC(=O)O)n1. The Labute approximate surface area is 104 Å². The van der Waals surface area contributed by atoms with E-state index in [1.165, 1.54) is 11.3 Å². The summed E-state index contributed by atoms with van der Waals surface area (Å²) in [6.45, 7) is 3.50. The van der Waals surface area contributed by atoms with Crippen molar-refractivity contribution < 1.29 is 18.3 Å². The Morgan fingerprint density at radius 1 is 1.65 bits per heavy atom. The summed E-state index contributed by atoms with van der Waals surface area (Å²) >= 11 is 1.37. The largest absolute Gasteiger partial charge is 0.481 e. The van der Waals surface area contributed by atoms with Crippen molar-refractivity contribution in [3.05, 3.63) is 16.1 Å². The predicted octanol–water partition coefficient (Wildman–Crippen LogP) is 0.907. The normalized spacial score (nSPS) is 13.5. The number of aliphatic carboxylic acids is 1. The van der Waals surface area contributed by atoms with Crippen LogP contribution in [0.1, 0.15) is 30.1 Å². The van der Waals surface area contributed by atoms with Crippen LogP contribution in [0, 0.1) is 6.92 Å². The molecule has 0 radical (unpaired) electrons. The summed E-state index contributed by atoms with van der Waals surface area (Å²) in [6, 6.07) is -0.438. The van der Waals surface area contributed by atoms with E-state index >= 15 is 0 Å². The number of aryl methyl sites for hydroxylation is 1. The van der Waals surface area contributed by atoms with Crippen molar-refractivity contribution in [1.82, 2.24) is 9.71 Å². The van der Waals surface area contributed by atoms with Crippen LogP contribution in [0.3, 0.4) is 0 Å². The summed E-state index contributed by atoms with van der Waals surface area (Å²) in [7, 11) is -3.58. The number of nitrogens with one attached hydrogen (secondary N) is 1. The Morgan fingerprint density at radius 2 is 2.29 bits per heavy atom. The van der Waals surface area contributed by atoms with Gasteiger partial charge in [0.25, 0.3) is 0 Å². The van der Waals surface area contributed by atoms with Gasteiger partial charge in [-0.25, -0.2) is 18.1 Å². The molecule has 8 heteroatoms. The molecule has 1 unspecified atom stereocenters. The minimum atomic E-state index is -3.58. The topological polar surface area (TPSA) is 96.4 Å². The molecule has 0 aliphatic carbocycles. The first-order valence-electron chi connectivity index (χ1n) is 4.94. The molecular formula is C9H14N2O4S2. The molecule has 0 spiro atoms. The summed E-state index contributed by atoms with van der Waals surface area (Å²) in [5, 5.41) is 10.9. The third-order valence-electron chi connectivity index (χ3n) is 1.95. The highest BCUT2D eigenvalue weighted by molar-refractivity contribution is 7.89. The lowest BCUT2D eigenvalue weighted by atomic mass is 10.4. The molecule has 0 aromatic carbocycles. The van der Waals surface area contributed by atoms with Crippen LogP contribution in [-0.2, 0) is 14.8 Å². The fraction of sp³-hybridized carbons (Fsp3) is 0.556. The molecule has 0 fully saturated rings. The third-order valence-corrected chi connectivity index (χ3v) is 4.55. The standard InChI is InChI=1S/C9H14N2O4S2/c1-6-5-16-9(10-6)7(2)11-17(14,15)4-3-8(12)13/h5,7,11H,3-4H2,1-2H3,(H,12,13). The molecule has 1 rings (SSSR count). The molecule has 1 heterocycles. The summed E-state index contributed by atoms with van der Waals surface area (Å²) < 4.78 is 25.5. The van der Waals surface area contributed by atoms with Crippen LogP contribution >= 0.6 is 11.3 Å². The van der Waals surface area contributed by atoms with E-state index in [0.29, 0.717) is 5.01 Å². The van der Waals surface area contributed by atoms with Crippen LogP contribution in [0.2, 0.25) is 0 Å². The molecule has 0 aliphatic heterocycles. The molecule has 2 N–H and O–H groups in total. The summed E-state index contributed by atoms with van der Waals surface area (Å²) in [6.07, 6.45) is -0.404. The Hall–Kier alpha value is -0.990. The van der Waals surface area contributed by atoms with Gasteiger partial charge < -0.3 is 5.11 Å². The first-order valence-corrected chi connectivity index (χ1v) is 7.47. The van der Waals surface area contributed by atoms with Crippen molar-refractivity contribution in [3.8, 4) is 0 Å². The number of nitrogens with zero attached hydrogens (tertiary/aromatic N) is 1. The van der Waals surface area contributed by atoms with Gasteiger partial charge in [-0.05, 0) is 13.8 Å². The minimum absolute atomic E-state index is 0.404. The molecule has 17 heavy (non-hydrogen) atoms. The second-order valence-corrected chi connectivity index (χ2v) is 6.39. The Balaban J connectivity index is 2.61. The number of thiazole rings is 1. The van der Waals surface area contributed by atoms with Gasteiger partial charge in [-0.1, -0.05) is 0 Å². The Kier molecular flexibility index (Phi) is 4.61. The van der Waals surface area contributed by atoms with E-state index < -0.39 is 34.2 Å². The van der Waals surface area contributed by atoms with Gasteiger partial charge in [-0.15, -0.1) is 11.3 Å². The van der Waals surface area contributed by atoms with E-state index in [-0.39, 0.29) is 0 Å². The van der Waals surface area contributed by atoms with Crippen LogP contribution < -0.4 is 4.72 Å². The average Bonchev–Trinajstić information content (AvgIpc) is 2.61. The highest BCUT2D eigenvalue weighted by atomic mass is 32.2. The fourth-order valence-corrected chi connectivity index (χ4v) is 3.26. The van der Waals surface area contributed by atoms with E-state index in [4.69, 9.17) is 5.11 Å². The van der Waals surface area contributed by atoms with Gasteiger partial charge in [-0.3, -0.25) is 4.79 Å². The van der Waals surface area contributed by atoms with Crippen LogP contribution in [0.4, 0.5) is 0 Å². The lowest BCUT2D eigenvalue weighted by Crippen LogP contribution is -2.30. The van der Waals surface area contributed by atoms with Crippen LogP contribution in [0.15, 0.2) is 5.38 Å². The molecule has 1 atom stereocenters. The number of hydrogen-bond donors (Lipinski definition) is 2. The molecule has 0 saturated carbocycles. The van der Waals surface area contributed by atoms with Gasteiger partial charge in [0.15, 0.2) is 0 Å². The predicted molar refractivity (Wildman–Crippen MR) is 64.4 cm³/mol. The summed E-state index contributed by atoms with van der Waals surface area (Å²) in [5.74, 6) is -1.55. The van der Waals surface area contributed by atoms with Crippen molar-refractivity contribution in [2.45, 2.75) is 26.3 Å². The highest BCUT2D eigenvalue weighted by Gasteiger charge is 2.18. The molecule has 1 aromatic heterocycles. The summed E-state index contributed by atoms with van der Waals surface area (Å²) in [4.78, 5) is 14.5. The summed E-state index contributed by atoms with van der Waals surface area (Å²) in [5.41, 5.74) is 0.835. The zero-order valence-electron chi connectivity index (χ0n) is 9.50. The van der Waals surface area contributed by atoms with E-state index in [2.05, 4.69) is 9.71 Å². The van der Waals surface area contributed by atoms with Crippen molar-refractivity contribution >= 4 is 27.3 Å². The molecule has 0 aliphatic rings. The maximum atomic E-state index is 11.5. The Morgan fingerprint density at radius 3 is 2.76 bits per heavy atom. The molecule has 6 nitrogen and oxygen atoms in total. The van der Waals surface area contributed by atoms with Gasteiger partial charge in [-0.2, -0.15) is 0 Å². The number of sulfonamides is 1. The fourth-order valence-electron chi connectivity index (χ4n) is 1.17. The van der Waals surface area contributed by atoms with Crippen molar-refractivity contribution in [2.24, 2.45) is 0 Å². The Bertz CT molecular complexity index is 495. The number of carboxylic acid groups (broad SMARTS) is 1. The average molecular weight is 278 g/mol. The van der Waals surface area contributed by atoms with Crippen molar-refractivity contribution in [2.75, 3.05) is 5.75 Å². The number of hydrogen-bond acceptors (Lipinski definition) is 5. The number of carbonyl (C=O) groups is 1. The number of aromatic nitrogens is 1. The zero-order valence-corrected chi connectivity index (χ0v) is 11.1. The highest BCUT2D eigenvalue weighted by Crippen LogP contribution is 2.18. The van der Waals surface area contributed by atoms with Crippen LogP contribution in [0.5, 0.6) is 0 Å². The van der Waals surface area contributed by atoms with E-state index in [9.17, 15) is 13.2 Å².